The van der Waals surface area contributed by atoms with Crippen LogP contribution in [0.4, 0.5) is 0 Å². The molecule has 1 aromatic heterocycles. The van der Waals surface area contributed by atoms with Crippen LogP contribution < -0.4 is 5.32 Å². The summed E-state index contributed by atoms with van der Waals surface area (Å²) in [4.78, 5) is 12.7. The van der Waals surface area contributed by atoms with E-state index < -0.39 is 16.1 Å². The molecule has 7 nitrogen and oxygen atoms in total. The molecule has 2 aromatic rings. The maximum atomic E-state index is 13.0. The quantitative estimate of drug-likeness (QED) is 0.836. The van der Waals surface area contributed by atoms with E-state index in [0.717, 1.165) is 5.56 Å². The zero-order valence-corrected chi connectivity index (χ0v) is 16.1. The van der Waals surface area contributed by atoms with Gasteiger partial charge in [0.15, 0.2) is 5.76 Å². The molecule has 2 heterocycles. The number of sulfonamides is 1. The Labute approximate surface area is 157 Å². The van der Waals surface area contributed by atoms with Crippen LogP contribution in [0.15, 0.2) is 33.7 Å². The number of carbonyl (C=O) groups excluding carboxylic acids is 1. The van der Waals surface area contributed by atoms with Crippen molar-refractivity contribution >= 4 is 27.5 Å². The Hall–Kier alpha value is -1.90. The Balaban J connectivity index is 1.75. The SMILES string of the molecule is Cc1noc(C)c1S(=O)(=O)N1CCC[C@H]1C(=O)NCc1ccc(Cl)cc1. The first-order valence-corrected chi connectivity index (χ1v) is 10.1. The van der Waals surface area contributed by atoms with Crippen molar-refractivity contribution in [3.63, 3.8) is 0 Å². The third kappa shape index (κ3) is 3.62. The number of rotatable bonds is 5. The van der Waals surface area contributed by atoms with Gasteiger partial charge in [-0.3, -0.25) is 4.79 Å². The zero-order valence-electron chi connectivity index (χ0n) is 14.5. The second-order valence-electron chi connectivity index (χ2n) is 6.27. The maximum absolute atomic E-state index is 13.0. The number of aromatic nitrogens is 1. The number of amides is 1. The highest BCUT2D eigenvalue weighted by atomic mass is 35.5. The fraction of sp³-hybridized carbons (Fsp3) is 0.412. The van der Waals surface area contributed by atoms with Crippen LogP contribution in [-0.2, 0) is 21.4 Å². The van der Waals surface area contributed by atoms with Gasteiger partial charge in [-0.2, -0.15) is 4.31 Å². The lowest BCUT2D eigenvalue weighted by atomic mass is 10.2. The van der Waals surface area contributed by atoms with Crippen molar-refractivity contribution < 1.29 is 17.7 Å². The van der Waals surface area contributed by atoms with E-state index in [1.165, 1.54) is 4.31 Å². The first-order valence-electron chi connectivity index (χ1n) is 8.27. The van der Waals surface area contributed by atoms with Gasteiger partial charge in [-0.25, -0.2) is 8.42 Å². The van der Waals surface area contributed by atoms with Crippen LogP contribution >= 0.6 is 11.6 Å². The monoisotopic (exact) mass is 397 g/mol. The van der Waals surface area contributed by atoms with Crippen LogP contribution in [0.5, 0.6) is 0 Å². The molecule has 0 bridgehead atoms. The Morgan fingerprint density at radius 1 is 1.35 bits per heavy atom. The zero-order chi connectivity index (χ0) is 18.9. The summed E-state index contributed by atoms with van der Waals surface area (Å²) >= 11 is 5.85. The van der Waals surface area contributed by atoms with E-state index in [1.807, 2.05) is 12.1 Å². The van der Waals surface area contributed by atoms with E-state index in [9.17, 15) is 13.2 Å². The molecule has 1 aromatic carbocycles. The van der Waals surface area contributed by atoms with E-state index >= 15 is 0 Å². The summed E-state index contributed by atoms with van der Waals surface area (Å²) in [7, 11) is -3.84. The number of benzene rings is 1. The summed E-state index contributed by atoms with van der Waals surface area (Å²) in [6, 6.07) is 6.38. The van der Waals surface area contributed by atoms with Gasteiger partial charge < -0.3 is 9.84 Å². The molecule has 26 heavy (non-hydrogen) atoms. The molecule has 0 spiro atoms. The minimum atomic E-state index is -3.84. The molecule has 140 valence electrons. The van der Waals surface area contributed by atoms with Crippen molar-refractivity contribution in [2.24, 2.45) is 0 Å². The number of aryl methyl sites for hydroxylation is 2. The van der Waals surface area contributed by atoms with Gasteiger partial charge in [0.2, 0.25) is 15.9 Å². The molecule has 0 radical (unpaired) electrons. The lowest BCUT2D eigenvalue weighted by molar-refractivity contribution is -0.124. The number of hydrogen-bond acceptors (Lipinski definition) is 5. The predicted octanol–water partition coefficient (Wildman–Crippen LogP) is 2.41. The second kappa shape index (κ2) is 7.38. The van der Waals surface area contributed by atoms with Gasteiger partial charge in [0.25, 0.3) is 0 Å². The summed E-state index contributed by atoms with van der Waals surface area (Å²) in [5.74, 6) is -0.0810. The van der Waals surface area contributed by atoms with Crippen molar-refractivity contribution in [1.29, 1.82) is 0 Å². The van der Waals surface area contributed by atoms with Crippen molar-refractivity contribution in [1.82, 2.24) is 14.8 Å². The molecule has 1 saturated heterocycles. The van der Waals surface area contributed by atoms with Crippen LogP contribution in [0, 0.1) is 13.8 Å². The van der Waals surface area contributed by atoms with Crippen molar-refractivity contribution in [2.45, 2.75) is 44.2 Å². The number of halogens is 1. The molecular formula is C17H20ClN3O4S. The Kier molecular flexibility index (Phi) is 5.36. The molecule has 0 unspecified atom stereocenters. The van der Waals surface area contributed by atoms with Crippen LogP contribution in [0.25, 0.3) is 0 Å². The van der Waals surface area contributed by atoms with Crippen LogP contribution in [0.2, 0.25) is 5.02 Å². The minimum Gasteiger partial charge on any atom is -0.360 e. The summed E-state index contributed by atoms with van der Waals surface area (Å²) in [6.45, 7) is 3.74. The van der Waals surface area contributed by atoms with Gasteiger partial charge >= 0.3 is 0 Å². The molecule has 3 rings (SSSR count). The van der Waals surface area contributed by atoms with E-state index in [1.54, 1.807) is 26.0 Å². The Bertz CT molecular complexity index is 889. The molecule has 1 N–H and O–H groups in total. The molecule has 9 heteroatoms. The average molecular weight is 398 g/mol. The van der Waals surface area contributed by atoms with E-state index in [4.69, 9.17) is 16.1 Å². The second-order valence-corrected chi connectivity index (χ2v) is 8.54. The minimum absolute atomic E-state index is 0.0508. The van der Waals surface area contributed by atoms with Crippen molar-refractivity contribution in [3.05, 3.63) is 46.3 Å². The van der Waals surface area contributed by atoms with Gasteiger partial charge in [-0.05, 0) is 44.4 Å². The molecule has 0 aliphatic carbocycles. The third-order valence-electron chi connectivity index (χ3n) is 4.42. The third-order valence-corrected chi connectivity index (χ3v) is 6.83. The first-order chi connectivity index (χ1) is 12.3. The highest BCUT2D eigenvalue weighted by molar-refractivity contribution is 7.89. The largest absolute Gasteiger partial charge is 0.360 e. The van der Waals surface area contributed by atoms with E-state index in [-0.39, 0.29) is 16.6 Å². The summed E-state index contributed by atoms with van der Waals surface area (Å²) in [5, 5.41) is 7.14. The molecule has 1 amide bonds. The number of nitrogens with zero attached hydrogens (tertiary/aromatic N) is 2. The van der Waals surface area contributed by atoms with Gasteiger partial charge in [-0.15, -0.1) is 0 Å². The number of nitrogens with one attached hydrogen (secondary N) is 1. The number of hydrogen-bond donors (Lipinski definition) is 1. The standard InChI is InChI=1S/C17H20ClN3O4S/c1-11-16(12(2)25-20-11)26(23,24)21-9-3-4-15(21)17(22)19-10-13-5-7-14(18)8-6-13/h5-8,15H,3-4,9-10H2,1-2H3,(H,19,22)/t15-/m0/s1. The highest BCUT2D eigenvalue weighted by Crippen LogP contribution is 2.29. The van der Waals surface area contributed by atoms with Crippen LogP contribution in [0.3, 0.4) is 0 Å². The maximum Gasteiger partial charge on any atom is 0.249 e. The predicted molar refractivity (Wildman–Crippen MR) is 96.2 cm³/mol. The Morgan fingerprint density at radius 3 is 2.65 bits per heavy atom. The topological polar surface area (TPSA) is 92.5 Å². The summed E-state index contributed by atoms with van der Waals surface area (Å²) in [6.07, 6.45) is 1.11. The van der Waals surface area contributed by atoms with Gasteiger partial charge in [0.1, 0.15) is 16.6 Å². The molecular weight excluding hydrogens is 378 g/mol. The van der Waals surface area contributed by atoms with Crippen molar-refractivity contribution in [2.75, 3.05) is 6.54 Å². The smallest absolute Gasteiger partial charge is 0.249 e. The fourth-order valence-corrected chi connectivity index (χ4v) is 5.24. The number of carbonyl (C=O) groups is 1. The highest BCUT2D eigenvalue weighted by Gasteiger charge is 2.41. The summed E-state index contributed by atoms with van der Waals surface area (Å²) in [5.41, 5.74) is 1.19. The molecule has 1 fully saturated rings. The Morgan fingerprint density at radius 2 is 2.04 bits per heavy atom. The fourth-order valence-electron chi connectivity index (χ4n) is 3.16. The van der Waals surface area contributed by atoms with E-state index in [0.29, 0.717) is 36.6 Å². The molecule has 1 atom stereocenters. The van der Waals surface area contributed by atoms with Crippen molar-refractivity contribution in [3.8, 4) is 0 Å². The molecule has 1 aliphatic rings. The normalized spacial score (nSPS) is 18.2. The van der Waals surface area contributed by atoms with Gasteiger partial charge in [0.05, 0.1) is 0 Å². The molecule has 0 saturated carbocycles. The van der Waals surface area contributed by atoms with Gasteiger partial charge in [0, 0.05) is 18.1 Å². The van der Waals surface area contributed by atoms with Crippen LogP contribution in [-0.4, -0.2) is 36.4 Å². The summed E-state index contributed by atoms with van der Waals surface area (Å²) < 4.78 is 32.2. The average Bonchev–Trinajstić information content (AvgIpc) is 3.21. The first kappa shape index (κ1) is 18.9. The lowest BCUT2D eigenvalue weighted by Crippen LogP contribution is -2.45. The van der Waals surface area contributed by atoms with E-state index in [2.05, 4.69) is 10.5 Å². The lowest BCUT2D eigenvalue weighted by Gasteiger charge is -2.23. The van der Waals surface area contributed by atoms with Gasteiger partial charge in [-0.1, -0.05) is 28.9 Å². The molecule has 1 aliphatic heterocycles. The van der Waals surface area contributed by atoms with Crippen LogP contribution in [0.1, 0.15) is 29.9 Å².